The lowest BCUT2D eigenvalue weighted by Crippen LogP contribution is -2.21. The number of amides is 1. The topological polar surface area (TPSA) is 47.6 Å². The highest BCUT2D eigenvalue weighted by atomic mass is 35.5. The Labute approximate surface area is 131 Å². The highest BCUT2D eigenvalue weighted by molar-refractivity contribution is 7.12. The van der Waals surface area contributed by atoms with E-state index in [0.29, 0.717) is 41.2 Å². The second-order valence-corrected chi connectivity index (χ2v) is 5.97. The Bertz CT molecular complexity index is 643. The van der Waals surface area contributed by atoms with E-state index in [0.717, 1.165) is 12.0 Å². The van der Waals surface area contributed by atoms with Crippen LogP contribution in [-0.4, -0.2) is 19.1 Å². The molecule has 2 heterocycles. The van der Waals surface area contributed by atoms with Gasteiger partial charge in [0.05, 0.1) is 23.1 Å². The van der Waals surface area contributed by atoms with Crippen molar-refractivity contribution in [2.45, 2.75) is 13.0 Å². The number of carbonyl (C=O) groups is 1. The van der Waals surface area contributed by atoms with Gasteiger partial charge in [-0.15, -0.1) is 11.3 Å². The fourth-order valence-corrected chi connectivity index (χ4v) is 2.99. The number of halogens is 1. The maximum absolute atomic E-state index is 11.9. The van der Waals surface area contributed by atoms with Gasteiger partial charge < -0.3 is 14.8 Å². The summed E-state index contributed by atoms with van der Waals surface area (Å²) < 4.78 is 11.2. The third-order valence-electron chi connectivity index (χ3n) is 3.06. The van der Waals surface area contributed by atoms with Gasteiger partial charge in [0.25, 0.3) is 5.91 Å². The first-order valence-corrected chi connectivity index (χ1v) is 7.89. The first kappa shape index (κ1) is 14.2. The van der Waals surface area contributed by atoms with Crippen molar-refractivity contribution in [2.24, 2.45) is 0 Å². The Morgan fingerprint density at radius 3 is 3.00 bits per heavy atom. The van der Waals surface area contributed by atoms with E-state index >= 15 is 0 Å². The second-order valence-electron chi connectivity index (χ2n) is 4.62. The molecule has 110 valence electrons. The normalized spacial score (nSPS) is 13.6. The van der Waals surface area contributed by atoms with Gasteiger partial charge in [0.15, 0.2) is 11.5 Å². The Morgan fingerprint density at radius 2 is 2.19 bits per heavy atom. The lowest BCUT2D eigenvalue weighted by Gasteiger charge is -2.12. The zero-order valence-corrected chi connectivity index (χ0v) is 12.8. The van der Waals surface area contributed by atoms with Crippen LogP contribution in [0.5, 0.6) is 11.5 Å². The number of carbonyl (C=O) groups excluding carboxylic acids is 1. The number of thiophene rings is 1. The highest BCUT2D eigenvalue weighted by Crippen LogP contribution is 2.37. The van der Waals surface area contributed by atoms with Crippen LogP contribution in [-0.2, 0) is 6.54 Å². The number of hydrogen-bond acceptors (Lipinski definition) is 4. The zero-order chi connectivity index (χ0) is 14.7. The summed E-state index contributed by atoms with van der Waals surface area (Å²) in [5.41, 5.74) is 0.883. The molecule has 0 spiro atoms. The van der Waals surface area contributed by atoms with Gasteiger partial charge in [0, 0.05) is 13.0 Å². The average molecular weight is 324 g/mol. The van der Waals surface area contributed by atoms with Crippen molar-refractivity contribution >= 4 is 28.8 Å². The first-order chi connectivity index (χ1) is 10.2. The van der Waals surface area contributed by atoms with Crippen molar-refractivity contribution in [1.29, 1.82) is 0 Å². The molecule has 1 aromatic carbocycles. The van der Waals surface area contributed by atoms with Gasteiger partial charge in [-0.2, -0.15) is 0 Å². The molecular formula is C15H14ClNO3S. The van der Waals surface area contributed by atoms with Gasteiger partial charge in [-0.25, -0.2) is 0 Å². The third-order valence-corrected chi connectivity index (χ3v) is 4.21. The average Bonchev–Trinajstić information content (AvgIpc) is 2.91. The molecule has 4 nitrogen and oxygen atoms in total. The molecule has 6 heteroatoms. The van der Waals surface area contributed by atoms with Crippen LogP contribution in [0.15, 0.2) is 29.6 Å². The Kier molecular flexibility index (Phi) is 4.31. The number of benzene rings is 1. The van der Waals surface area contributed by atoms with Crippen LogP contribution in [0.25, 0.3) is 0 Å². The molecule has 0 atom stereocenters. The summed E-state index contributed by atoms with van der Waals surface area (Å²) in [7, 11) is 0. The van der Waals surface area contributed by atoms with Gasteiger partial charge in [-0.05, 0) is 29.1 Å². The van der Waals surface area contributed by atoms with Crippen LogP contribution >= 0.6 is 22.9 Å². The van der Waals surface area contributed by atoms with Crippen molar-refractivity contribution in [3.05, 3.63) is 45.1 Å². The molecule has 21 heavy (non-hydrogen) atoms. The maximum atomic E-state index is 11.9. The number of ether oxygens (including phenoxy) is 2. The molecule has 1 N–H and O–H groups in total. The Hall–Kier alpha value is -1.72. The van der Waals surface area contributed by atoms with E-state index in [4.69, 9.17) is 21.1 Å². The zero-order valence-electron chi connectivity index (χ0n) is 11.2. The van der Waals surface area contributed by atoms with Gasteiger partial charge in [0.2, 0.25) is 0 Å². The summed E-state index contributed by atoms with van der Waals surface area (Å²) >= 11 is 7.63. The van der Waals surface area contributed by atoms with Gasteiger partial charge in [0.1, 0.15) is 0 Å². The molecule has 0 fully saturated rings. The van der Waals surface area contributed by atoms with Crippen molar-refractivity contribution in [3.63, 3.8) is 0 Å². The Morgan fingerprint density at radius 1 is 1.33 bits per heavy atom. The third kappa shape index (κ3) is 3.31. The van der Waals surface area contributed by atoms with Crippen LogP contribution in [0.4, 0.5) is 0 Å². The van der Waals surface area contributed by atoms with Crippen molar-refractivity contribution in [1.82, 2.24) is 5.32 Å². The standard InChI is InChI=1S/C15H14ClNO3S/c16-11-7-10(8-12-14(11)20-5-2-4-19-12)9-17-15(18)13-3-1-6-21-13/h1,3,6-8H,2,4-5,9H2,(H,17,18). The van der Waals surface area contributed by atoms with Crippen LogP contribution < -0.4 is 14.8 Å². The molecule has 1 aromatic heterocycles. The highest BCUT2D eigenvalue weighted by Gasteiger charge is 2.16. The summed E-state index contributed by atoms with van der Waals surface area (Å²) in [6.07, 6.45) is 0.829. The lowest BCUT2D eigenvalue weighted by molar-refractivity contribution is 0.0955. The van der Waals surface area contributed by atoms with Crippen LogP contribution in [0.1, 0.15) is 21.7 Å². The number of nitrogens with one attached hydrogen (secondary N) is 1. The molecule has 0 bridgehead atoms. The van der Waals surface area contributed by atoms with Crippen LogP contribution in [0, 0.1) is 0 Å². The summed E-state index contributed by atoms with van der Waals surface area (Å²) in [4.78, 5) is 12.6. The van der Waals surface area contributed by atoms with E-state index in [1.54, 1.807) is 12.1 Å². The summed E-state index contributed by atoms with van der Waals surface area (Å²) in [5.74, 6) is 1.14. The van der Waals surface area contributed by atoms with E-state index in [1.165, 1.54) is 11.3 Å². The molecule has 1 aliphatic rings. The monoisotopic (exact) mass is 323 g/mol. The number of hydrogen-bond donors (Lipinski definition) is 1. The molecular weight excluding hydrogens is 310 g/mol. The summed E-state index contributed by atoms with van der Waals surface area (Å²) in [5, 5.41) is 5.25. The van der Waals surface area contributed by atoms with Gasteiger partial charge in [-0.3, -0.25) is 4.79 Å². The predicted molar refractivity (Wildman–Crippen MR) is 82.5 cm³/mol. The molecule has 0 saturated heterocycles. The van der Waals surface area contributed by atoms with E-state index in [9.17, 15) is 4.79 Å². The molecule has 1 aliphatic heterocycles. The van der Waals surface area contributed by atoms with Crippen LogP contribution in [0.2, 0.25) is 5.02 Å². The first-order valence-electron chi connectivity index (χ1n) is 6.64. The quantitative estimate of drug-likeness (QED) is 0.940. The minimum atomic E-state index is -0.0896. The van der Waals surface area contributed by atoms with Crippen molar-refractivity contribution < 1.29 is 14.3 Å². The molecule has 2 aromatic rings. The maximum Gasteiger partial charge on any atom is 0.261 e. The molecule has 0 radical (unpaired) electrons. The van der Waals surface area contributed by atoms with Crippen molar-refractivity contribution in [2.75, 3.05) is 13.2 Å². The molecule has 1 amide bonds. The van der Waals surface area contributed by atoms with E-state index < -0.39 is 0 Å². The van der Waals surface area contributed by atoms with E-state index in [-0.39, 0.29) is 5.91 Å². The number of fused-ring (bicyclic) bond motifs is 1. The summed E-state index contributed by atoms with van der Waals surface area (Å²) in [6.45, 7) is 1.60. The summed E-state index contributed by atoms with van der Waals surface area (Å²) in [6, 6.07) is 7.30. The number of rotatable bonds is 3. The molecule has 0 saturated carbocycles. The van der Waals surface area contributed by atoms with Crippen molar-refractivity contribution in [3.8, 4) is 11.5 Å². The largest absolute Gasteiger partial charge is 0.489 e. The van der Waals surface area contributed by atoms with Gasteiger partial charge in [-0.1, -0.05) is 17.7 Å². The molecule has 3 rings (SSSR count). The van der Waals surface area contributed by atoms with Gasteiger partial charge >= 0.3 is 0 Å². The molecule has 0 unspecified atom stereocenters. The minimum Gasteiger partial charge on any atom is -0.489 e. The second kappa shape index (κ2) is 6.37. The SMILES string of the molecule is O=C(NCc1cc(Cl)c2c(c1)OCCCO2)c1cccs1. The lowest BCUT2D eigenvalue weighted by atomic mass is 10.2. The molecule has 0 aliphatic carbocycles. The predicted octanol–water partition coefficient (Wildman–Crippen LogP) is 3.49. The fourth-order valence-electron chi connectivity index (χ4n) is 2.06. The van der Waals surface area contributed by atoms with Crippen LogP contribution in [0.3, 0.4) is 0 Å². The van der Waals surface area contributed by atoms with E-state index in [2.05, 4.69) is 5.32 Å². The Balaban J connectivity index is 1.73. The fraction of sp³-hybridized carbons (Fsp3) is 0.267. The minimum absolute atomic E-state index is 0.0896. The smallest absolute Gasteiger partial charge is 0.261 e. The van der Waals surface area contributed by atoms with E-state index in [1.807, 2.05) is 17.5 Å².